The molecule has 0 radical (unpaired) electrons. The maximum atomic E-state index is 12.5. The molecular formula is C65H125NO5. The van der Waals surface area contributed by atoms with Gasteiger partial charge in [0, 0.05) is 12.8 Å². The van der Waals surface area contributed by atoms with Crippen LogP contribution < -0.4 is 5.32 Å². The Morgan fingerprint density at radius 2 is 0.662 bits per heavy atom. The fourth-order valence-electron chi connectivity index (χ4n) is 10.0. The zero-order valence-electron chi connectivity index (χ0n) is 48.0. The average molecular weight is 1000 g/mol. The Balaban J connectivity index is 3.44. The molecule has 2 atom stereocenters. The van der Waals surface area contributed by atoms with E-state index in [2.05, 4.69) is 31.3 Å². The summed E-state index contributed by atoms with van der Waals surface area (Å²) in [5.74, 6) is -0.0678. The topological polar surface area (TPSA) is 95.9 Å². The van der Waals surface area contributed by atoms with Crippen LogP contribution in [-0.2, 0) is 14.3 Å². The standard InChI is InChI=1S/C65H125NO5/c1-3-5-7-9-11-13-15-17-18-19-20-21-22-24-27-30-34-37-41-45-49-53-57-63(68)62(61-67)66-64(69)58-54-50-46-42-38-35-31-28-25-23-26-29-32-36-40-44-48-52-56-60-71-65(70)59-55-51-47-43-39-33-16-14-12-10-8-6-4-2/h14,16,53,57,62-63,67-68H,3-13,15,17-52,54-56,58-61H2,1-2H3,(H,66,69)/b16-14-,57-53+. The van der Waals surface area contributed by atoms with Crippen LogP contribution in [0.15, 0.2) is 24.3 Å². The van der Waals surface area contributed by atoms with Crippen LogP contribution in [0.5, 0.6) is 0 Å². The van der Waals surface area contributed by atoms with Crippen molar-refractivity contribution in [1.29, 1.82) is 0 Å². The van der Waals surface area contributed by atoms with Gasteiger partial charge in [-0.3, -0.25) is 9.59 Å². The minimum absolute atomic E-state index is 0.000347. The maximum Gasteiger partial charge on any atom is 0.305 e. The summed E-state index contributed by atoms with van der Waals surface area (Å²) in [4.78, 5) is 24.5. The highest BCUT2D eigenvalue weighted by molar-refractivity contribution is 5.76. The van der Waals surface area contributed by atoms with E-state index in [4.69, 9.17) is 4.74 Å². The predicted molar refractivity (Wildman–Crippen MR) is 310 cm³/mol. The summed E-state index contributed by atoms with van der Waals surface area (Å²) in [5, 5.41) is 23.2. The molecule has 3 N–H and O–H groups in total. The number of unbranched alkanes of at least 4 members (excludes halogenated alkanes) is 47. The molecule has 1 amide bonds. The Morgan fingerprint density at radius 3 is 1.01 bits per heavy atom. The Labute approximate surface area is 443 Å². The van der Waals surface area contributed by atoms with Crippen LogP contribution in [0.25, 0.3) is 0 Å². The Kier molecular flexibility index (Phi) is 59.5. The number of hydrogen-bond donors (Lipinski definition) is 3. The van der Waals surface area contributed by atoms with Gasteiger partial charge < -0.3 is 20.3 Å². The molecule has 0 aliphatic rings. The highest BCUT2D eigenvalue weighted by Gasteiger charge is 2.18. The molecule has 0 bridgehead atoms. The molecule has 420 valence electrons. The number of rotatable bonds is 60. The van der Waals surface area contributed by atoms with Crippen LogP contribution >= 0.6 is 0 Å². The van der Waals surface area contributed by atoms with E-state index in [0.29, 0.717) is 19.4 Å². The lowest BCUT2D eigenvalue weighted by atomic mass is 10.0. The second-order valence-electron chi connectivity index (χ2n) is 22.1. The number of carbonyl (C=O) groups excluding carboxylic acids is 2. The predicted octanol–water partition coefficient (Wildman–Crippen LogP) is 20.2. The zero-order chi connectivity index (χ0) is 51.4. The van der Waals surface area contributed by atoms with Gasteiger partial charge in [-0.1, -0.05) is 308 Å². The normalized spacial score (nSPS) is 12.7. The number of carbonyl (C=O) groups is 2. The first kappa shape index (κ1) is 69.3. The summed E-state index contributed by atoms with van der Waals surface area (Å²) in [6, 6.07) is -0.631. The lowest BCUT2D eigenvalue weighted by molar-refractivity contribution is -0.143. The van der Waals surface area contributed by atoms with Crippen molar-refractivity contribution in [2.45, 2.75) is 366 Å². The van der Waals surface area contributed by atoms with Gasteiger partial charge in [-0.15, -0.1) is 0 Å². The van der Waals surface area contributed by atoms with Crippen LogP contribution in [0.3, 0.4) is 0 Å². The first-order valence-corrected chi connectivity index (χ1v) is 32.1. The van der Waals surface area contributed by atoms with Crippen molar-refractivity contribution in [1.82, 2.24) is 5.32 Å². The highest BCUT2D eigenvalue weighted by Crippen LogP contribution is 2.18. The fraction of sp³-hybridized carbons (Fsp3) is 0.908. The molecule has 0 fully saturated rings. The number of esters is 1. The fourth-order valence-corrected chi connectivity index (χ4v) is 10.0. The zero-order valence-corrected chi connectivity index (χ0v) is 48.0. The lowest BCUT2D eigenvalue weighted by Gasteiger charge is -2.20. The van der Waals surface area contributed by atoms with Gasteiger partial charge in [0.25, 0.3) is 0 Å². The van der Waals surface area contributed by atoms with Crippen LogP contribution in [-0.4, -0.2) is 47.4 Å². The molecule has 6 heteroatoms. The molecule has 0 aromatic heterocycles. The van der Waals surface area contributed by atoms with Gasteiger partial charge in [-0.25, -0.2) is 0 Å². The van der Waals surface area contributed by atoms with Crippen molar-refractivity contribution in [3.8, 4) is 0 Å². The molecule has 71 heavy (non-hydrogen) atoms. The van der Waals surface area contributed by atoms with Crippen molar-refractivity contribution in [2.24, 2.45) is 0 Å². The van der Waals surface area contributed by atoms with Crippen LogP contribution in [0.2, 0.25) is 0 Å². The van der Waals surface area contributed by atoms with Crippen molar-refractivity contribution in [2.75, 3.05) is 13.2 Å². The minimum atomic E-state index is -0.847. The number of allylic oxidation sites excluding steroid dienone is 3. The monoisotopic (exact) mass is 1000 g/mol. The van der Waals surface area contributed by atoms with E-state index in [9.17, 15) is 19.8 Å². The van der Waals surface area contributed by atoms with E-state index in [1.165, 1.54) is 283 Å². The lowest BCUT2D eigenvalue weighted by Crippen LogP contribution is -2.45. The largest absolute Gasteiger partial charge is 0.466 e. The van der Waals surface area contributed by atoms with Crippen LogP contribution in [0.1, 0.15) is 354 Å². The summed E-state index contributed by atoms with van der Waals surface area (Å²) in [6.45, 7) is 4.91. The number of amides is 1. The summed E-state index contributed by atoms with van der Waals surface area (Å²) in [5.41, 5.74) is 0. The summed E-state index contributed by atoms with van der Waals surface area (Å²) in [6.07, 6.45) is 75.1. The molecule has 0 aliphatic carbocycles. The first-order chi connectivity index (χ1) is 35.0. The molecule has 0 heterocycles. The van der Waals surface area contributed by atoms with E-state index in [0.717, 1.165) is 44.9 Å². The Hall–Kier alpha value is -1.66. The maximum absolute atomic E-state index is 12.5. The third kappa shape index (κ3) is 57.5. The van der Waals surface area contributed by atoms with Crippen LogP contribution in [0.4, 0.5) is 0 Å². The molecule has 0 saturated carbocycles. The molecule has 2 unspecified atom stereocenters. The summed E-state index contributed by atoms with van der Waals surface area (Å²) in [7, 11) is 0. The molecule has 0 aliphatic heterocycles. The molecule has 0 saturated heterocycles. The number of nitrogens with one attached hydrogen (secondary N) is 1. The molecule has 6 nitrogen and oxygen atoms in total. The smallest absolute Gasteiger partial charge is 0.305 e. The van der Waals surface area contributed by atoms with Crippen molar-refractivity contribution < 1.29 is 24.5 Å². The molecule has 0 aromatic carbocycles. The highest BCUT2D eigenvalue weighted by atomic mass is 16.5. The second-order valence-corrected chi connectivity index (χ2v) is 22.1. The van der Waals surface area contributed by atoms with Gasteiger partial charge in [0.05, 0.1) is 25.4 Å². The molecule has 0 aromatic rings. The third-order valence-corrected chi connectivity index (χ3v) is 15.0. The Bertz CT molecular complexity index is 1110. The van der Waals surface area contributed by atoms with E-state index >= 15 is 0 Å². The molecule has 0 rings (SSSR count). The van der Waals surface area contributed by atoms with Crippen molar-refractivity contribution in [3.05, 3.63) is 24.3 Å². The minimum Gasteiger partial charge on any atom is -0.466 e. The quantitative estimate of drug-likeness (QED) is 0.0320. The van der Waals surface area contributed by atoms with Crippen molar-refractivity contribution in [3.63, 3.8) is 0 Å². The molecule has 0 spiro atoms. The van der Waals surface area contributed by atoms with Crippen molar-refractivity contribution >= 4 is 11.9 Å². The second kappa shape index (κ2) is 60.9. The number of aliphatic hydroxyl groups excluding tert-OH is 2. The van der Waals surface area contributed by atoms with Gasteiger partial charge in [0.1, 0.15) is 0 Å². The van der Waals surface area contributed by atoms with E-state index in [1.807, 2.05) is 6.08 Å². The van der Waals surface area contributed by atoms with Gasteiger partial charge in [0.2, 0.25) is 5.91 Å². The number of ether oxygens (including phenoxy) is 1. The Morgan fingerprint density at radius 1 is 0.380 bits per heavy atom. The van der Waals surface area contributed by atoms with Crippen LogP contribution in [0, 0.1) is 0 Å². The van der Waals surface area contributed by atoms with E-state index in [-0.39, 0.29) is 18.5 Å². The molecular weight excluding hydrogens is 875 g/mol. The SMILES string of the molecule is CCCCCC/C=C\CCCCCCCC(=O)OCCCCCCCCCCCCCCCCCCCCCC(=O)NC(CO)C(O)/C=C/CCCCCCCCCCCCCCCCCCCCCC. The van der Waals surface area contributed by atoms with E-state index < -0.39 is 12.1 Å². The van der Waals surface area contributed by atoms with Gasteiger partial charge in [0.15, 0.2) is 0 Å². The first-order valence-electron chi connectivity index (χ1n) is 32.1. The van der Waals surface area contributed by atoms with Gasteiger partial charge in [-0.05, 0) is 57.8 Å². The third-order valence-electron chi connectivity index (χ3n) is 15.0. The summed E-state index contributed by atoms with van der Waals surface area (Å²) < 4.78 is 5.47. The average Bonchev–Trinajstić information content (AvgIpc) is 3.37. The number of aliphatic hydroxyl groups is 2. The van der Waals surface area contributed by atoms with E-state index in [1.54, 1.807) is 6.08 Å². The van der Waals surface area contributed by atoms with Gasteiger partial charge >= 0.3 is 5.97 Å². The van der Waals surface area contributed by atoms with Gasteiger partial charge in [-0.2, -0.15) is 0 Å². The number of hydrogen-bond acceptors (Lipinski definition) is 5. The summed E-state index contributed by atoms with van der Waals surface area (Å²) >= 11 is 0.